The highest BCUT2D eigenvalue weighted by Crippen LogP contribution is 2.19. The molecule has 80 valence electrons. The summed E-state index contributed by atoms with van der Waals surface area (Å²) < 4.78 is 13.6. The molecule has 0 amide bonds. The molecule has 0 heterocycles. The zero-order valence-electron chi connectivity index (χ0n) is 7.61. The molecule has 0 radical (unpaired) electrons. The van der Waals surface area contributed by atoms with Gasteiger partial charge < -0.3 is 5.11 Å². The van der Waals surface area contributed by atoms with E-state index in [1.165, 1.54) is 6.07 Å². The lowest BCUT2D eigenvalue weighted by atomic mass is 10.1. The van der Waals surface area contributed by atoms with Gasteiger partial charge in [-0.2, -0.15) is 0 Å². The van der Waals surface area contributed by atoms with Crippen molar-refractivity contribution in [1.29, 1.82) is 0 Å². The van der Waals surface area contributed by atoms with Crippen LogP contribution >= 0.6 is 15.9 Å². The summed E-state index contributed by atoms with van der Waals surface area (Å²) in [6, 6.07) is 6.32. The quantitative estimate of drug-likeness (QED) is 0.859. The van der Waals surface area contributed by atoms with Crippen molar-refractivity contribution in [2.45, 2.75) is 12.6 Å². The molecule has 5 heteroatoms. The number of carboxylic acids is 1. The lowest BCUT2D eigenvalue weighted by Crippen LogP contribution is -2.19. The third-order valence-electron chi connectivity index (χ3n) is 1.78. The number of ketones is 1. The minimum absolute atomic E-state index is 0.159. The van der Waals surface area contributed by atoms with Gasteiger partial charge in [0.15, 0.2) is 12.0 Å². The van der Waals surface area contributed by atoms with E-state index in [0.29, 0.717) is 4.47 Å². The first-order chi connectivity index (χ1) is 7.02. The Bertz CT molecular complexity index is 392. The fourth-order valence-electron chi connectivity index (χ4n) is 1.08. The van der Waals surface area contributed by atoms with E-state index in [9.17, 15) is 14.0 Å². The van der Waals surface area contributed by atoms with Crippen molar-refractivity contribution < 1.29 is 19.1 Å². The van der Waals surface area contributed by atoms with E-state index in [2.05, 4.69) is 15.9 Å². The molecule has 1 unspecified atom stereocenters. The first-order valence-corrected chi connectivity index (χ1v) is 4.96. The number of alkyl halides is 1. The van der Waals surface area contributed by atoms with Crippen molar-refractivity contribution in [2.75, 3.05) is 0 Å². The average Bonchev–Trinajstić information content (AvgIpc) is 2.16. The van der Waals surface area contributed by atoms with Gasteiger partial charge in [-0.3, -0.25) is 9.59 Å². The number of aliphatic carboxylic acids is 1. The third kappa shape index (κ3) is 3.13. The van der Waals surface area contributed by atoms with Crippen molar-refractivity contribution in [2.24, 2.45) is 0 Å². The predicted molar refractivity (Wildman–Crippen MR) is 55.6 cm³/mol. The highest BCUT2D eigenvalue weighted by atomic mass is 79.9. The number of rotatable bonds is 4. The average molecular weight is 275 g/mol. The van der Waals surface area contributed by atoms with Gasteiger partial charge >= 0.3 is 5.97 Å². The smallest absolute Gasteiger partial charge is 0.306 e. The first kappa shape index (κ1) is 11.8. The number of carboxylic acid groups (broad SMARTS) is 1. The zero-order chi connectivity index (χ0) is 11.4. The van der Waals surface area contributed by atoms with Crippen LogP contribution in [0.1, 0.15) is 16.8 Å². The number of Topliss-reactive ketones (excluding diaryl/α,β-unsaturated/α-hetero) is 1. The number of hydrogen-bond donors (Lipinski definition) is 1. The summed E-state index contributed by atoms with van der Waals surface area (Å²) in [5.41, 5.74) is 0.159. The van der Waals surface area contributed by atoms with Crippen LogP contribution in [0.25, 0.3) is 0 Å². The second kappa shape index (κ2) is 5.02. The number of carbonyl (C=O) groups is 2. The summed E-state index contributed by atoms with van der Waals surface area (Å²) in [5.74, 6) is -2.15. The zero-order valence-corrected chi connectivity index (χ0v) is 9.20. The monoisotopic (exact) mass is 274 g/mol. The molecule has 1 atom stereocenters. The molecule has 3 nitrogen and oxygen atoms in total. The predicted octanol–water partition coefficient (Wildman–Crippen LogP) is 2.44. The van der Waals surface area contributed by atoms with Gasteiger partial charge in [0.1, 0.15) is 0 Å². The molecule has 0 aliphatic rings. The van der Waals surface area contributed by atoms with Gasteiger partial charge in [0.25, 0.3) is 0 Å². The molecule has 0 aliphatic heterocycles. The molecule has 0 saturated heterocycles. The van der Waals surface area contributed by atoms with Gasteiger partial charge in [-0.05, 0) is 6.07 Å². The maximum atomic E-state index is 13.2. The van der Waals surface area contributed by atoms with E-state index >= 15 is 0 Å². The van der Waals surface area contributed by atoms with Gasteiger partial charge in [-0.25, -0.2) is 4.39 Å². The molecule has 0 fully saturated rings. The molecule has 0 bridgehead atoms. The Morgan fingerprint density at radius 1 is 1.40 bits per heavy atom. The molecule has 0 aromatic heterocycles. The minimum atomic E-state index is -2.00. The van der Waals surface area contributed by atoms with Crippen LogP contribution in [-0.2, 0) is 4.79 Å². The minimum Gasteiger partial charge on any atom is -0.481 e. The lowest BCUT2D eigenvalue weighted by Gasteiger charge is -2.06. The topological polar surface area (TPSA) is 54.4 Å². The van der Waals surface area contributed by atoms with Crippen LogP contribution in [0.15, 0.2) is 28.7 Å². The normalized spacial score (nSPS) is 12.1. The number of hydrogen-bond acceptors (Lipinski definition) is 2. The summed E-state index contributed by atoms with van der Waals surface area (Å²) in [6.45, 7) is 0. The largest absolute Gasteiger partial charge is 0.481 e. The van der Waals surface area contributed by atoms with E-state index < -0.39 is 24.3 Å². The van der Waals surface area contributed by atoms with Crippen LogP contribution in [0.5, 0.6) is 0 Å². The van der Waals surface area contributed by atoms with Crippen LogP contribution in [-0.4, -0.2) is 23.0 Å². The van der Waals surface area contributed by atoms with E-state index in [0.717, 1.165) is 0 Å². The first-order valence-electron chi connectivity index (χ1n) is 4.17. The Labute approximate surface area is 94.0 Å². The van der Waals surface area contributed by atoms with Crippen molar-refractivity contribution in [3.05, 3.63) is 34.3 Å². The van der Waals surface area contributed by atoms with E-state index in [1.807, 2.05) is 0 Å². The van der Waals surface area contributed by atoms with Crippen LogP contribution in [0.4, 0.5) is 4.39 Å². The third-order valence-corrected chi connectivity index (χ3v) is 2.47. The van der Waals surface area contributed by atoms with E-state index in [1.54, 1.807) is 18.2 Å². The van der Waals surface area contributed by atoms with Crippen LogP contribution in [0.2, 0.25) is 0 Å². The highest BCUT2D eigenvalue weighted by Gasteiger charge is 2.23. The summed E-state index contributed by atoms with van der Waals surface area (Å²) >= 11 is 3.10. The van der Waals surface area contributed by atoms with Gasteiger partial charge in [0.2, 0.25) is 0 Å². The second-order valence-corrected chi connectivity index (χ2v) is 3.76. The SMILES string of the molecule is O=C(O)CC(F)C(=O)c1ccccc1Br. The maximum absolute atomic E-state index is 13.2. The molecule has 1 N–H and O–H groups in total. The molecule has 1 aromatic carbocycles. The molecule has 0 spiro atoms. The highest BCUT2D eigenvalue weighted by molar-refractivity contribution is 9.10. The molecular weight excluding hydrogens is 267 g/mol. The van der Waals surface area contributed by atoms with E-state index in [4.69, 9.17) is 5.11 Å². The van der Waals surface area contributed by atoms with Gasteiger partial charge in [0.05, 0.1) is 6.42 Å². The molecular formula is C10H8BrFO3. The fraction of sp³-hybridized carbons (Fsp3) is 0.200. The van der Waals surface area contributed by atoms with Crippen LogP contribution < -0.4 is 0 Å². The van der Waals surface area contributed by atoms with Crippen molar-refractivity contribution in [3.8, 4) is 0 Å². The Morgan fingerprint density at radius 2 is 2.00 bits per heavy atom. The second-order valence-electron chi connectivity index (χ2n) is 2.91. The Balaban J connectivity index is 2.85. The summed E-state index contributed by atoms with van der Waals surface area (Å²) in [4.78, 5) is 21.7. The molecule has 0 saturated carbocycles. The standard InChI is InChI=1S/C10H8BrFO3/c11-7-4-2-1-3-6(7)10(15)8(12)5-9(13)14/h1-4,8H,5H2,(H,13,14). The van der Waals surface area contributed by atoms with Gasteiger partial charge in [-0.1, -0.05) is 34.1 Å². The molecule has 0 aliphatic carbocycles. The Hall–Kier alpha value is -1.23. The van der Waals surface area contributed by atoms with Gasteiger partial charge in [0, 0.05) is 10.0 Å². The van der Waals surface area contributed by atoms with Gasteiger partial charge in [-0.15, -0.1) is 0 Å². The van der Waals surface area contributed by atoms with Crippen LogP contribution in [0, 0.1) is 0 Å². The van der Waals surface area contributed by atoms with Crippen molar-refractivity contribution in [3.63, 3.8) is 0 Å². The molecule has 1 aromatic rings. The summed E-state index contributed by atoms with van der Waals surface area (Å²) in [7, 11) is 0. The number of halogens is 2. The van der Waals surface area contributed by atoms with Crippen LogP contribution in [0.3, 0.4) is 0 Å². The molecule has 1 rings (SSSR count). The number of carbonyl (C=O) groups excluding carboxylic acids is 1. The fourth-order valence-corrected chi connectivity index (χ4v) is 1.56. The maximum Gasteiger partial charge on any atom is 0.306 e. The Morgan fingerprint density at radius 3 is 2.53 bits per heavy atom. The van der Waals surface area contributed by atoms with E-state index in [-0.39, 0.29) is 5.56 Å². The molecule has 15 heavy (non-hydrogen) atoms. The summed E-state index contributed by atoms with van der Waals surface area (Å²) in [5, 5.41) is 8.35. The van der Waals surface area contributed by atoms with Crippen molar-refractivity contribution >= 4 is 27.7 Å². The Kier molecular flexibility index (Phi) is 3.96. The lowest BCUT2D eigenvalue weighted by molar-refractivity contribution is -0.137. The van der Waals surface area contributed by atoms with Crippen molar-refractivity contribution in [1.82, 2.24) is 0 Å². The summed E-state index contributed by atoms with van der Waals surface area (Å²) in [6.07, 6.45) is -2.80. The number of benzene rings is 1.